The van der Waals surface area contributed by atoms with Gasteiger partial charge in [0.1, 0.15) is 16.9 Å². The van der Waals surface area contributed by atoms with Gasteiger partial charge in [0.2, 0.25) is 5.55 Å². The second-order valence-corrected chi connectivity index (χ2v) is 5.87. The van der Waals surface area contributed by atoms with Crippen molar-refractivity contribution in [1.82, 2.24) is 0 Å². The summed E-state index contributed by atoms with van der Waals surface area (Å²) in [6.45, 7) is 0. The Morgan fingerprint density at radius 2 is 1.85 bits per heavy atom. The zero-order valence-corrected chi connectivity index (χ0v) is 14.1. The Balaban J connectivity index is 1.80. The lowest BCUT2D eigenvalue weighted by Crippen LogP contribution is -2.20. The molecule has 0 aliphatic heterocycles. The fourth-order valence-corrected chi connectivity index (χ4v) is 2.96. The van der Waals surface area contributed by atoms with Gasteiger partial charge in [-0.05, 0) is 35.0 Å². The predicted molar refractivity (Wildman–Crippen MR) is 101 cm³/mol. The number of hydrogen-bond donors (Lipinski definition) is 2. The topological polar surface area (TPSA) is 75.3 Å². The van der Waals surface area contributed by atoms with Crippen LogP contribution in [0.1, 0.15) is 10.4 Å². The molecule has 0 atom stereocenters. The third-order valence-corrected chi connectivity index (χ3v) is 4.25. The highest BCUT2D eigenvalue weighted by atomic mass is 16.5. The van der Waals surface area contributed by atoms with Gasteiger partial charge >= 0.3 is 0 Å². The van der Waals surface area contributed by atoms with E-state index >= 15 is 0 Å². The Morgan fingerprint density at radius 3 is 2.69 bits per heavy atom. The number of ether oxygens (including phenoxy) is 1. The molecule has 4 rings (SSSR count). The van der Waals surface area contributed by atoms with Crippen molar-refractivity contribution in [2.45, 2.75) is 0 Å². The van der Waals surface area contributed by atoms with E-state index in [0.29, 0.717) is 17.0 Å². The van der Waals surface area contributed by atoms with E-state index in [1.165, 1.54) is 0 Å². The largest absolute Gasteiger partial charge is 0.497 e. The first kappa shape index (κ1) is 15.9. The summed E-state index contributed by atoms with van der Waals surface area (Å²) in [7, 11) is 1.57. The van der Waals surface area contributed by atoms with Crippen LogP contribution in [0.25, 0.3) is 21.7 Å². The van der Waals surface area contributed by atoms with Crippen molar-refractivity contribution < 1.29 is 13.9 Å². The summed E-state index contributed by atoms with van der Waals surface area (Å²) in [6.07, 6.45) is 0. The van der Waals surface area contributed by atoms with Crippen LogP contribution < -0.4 is 15.6 Å². The first-order valence-electron chi connectivity index (χ1n) is 8.11. The number of carbonyl (C=O) groups is 1. The van der Waals surface area contributed by atoms with Crippen molar-refractivity contribution in [3.8, 4) is 5.75 Å². The Labute approximate surface area is 149 Å². The lowest BCUT2D eigenvalue weighted by molar-refractivity contribution is 0.102. The number of methoxy groups -OCH3 is 1. The van der Waals surface area contributed by atoms with Gasteiger partial charge in [0.25, 0.3) is 5.91 Å². The minimum absolute atomic E-state index is 0.173. The molecule has 26 heavy (non-hydrogen) atoms. The quantitative estimate of drug-likeness (QED) is 0.543. The maximum absolute atomic E-state index is 12.7. The predicted octanol–water partition coefficient (Wildman–Crippen LogP) is 4.33. The normalized spacial score (nSPS) is 10.8. The SMILES string of the molecule is COc1cccc(NC(=O)c2cc3c(ccc4ccccc43)oc2=N)c1. The monoisotopic (exact) mass is 344 g/mol. The Hall–Kier alpha value is -3.60. The smallest absolute Gasteiger partial charge is 0.261 e. The summed E-state index contributed by atoms with van der Waals surface area (Å²) in [6, 6.07) is 20.4. The molecule has 0 saturated heterocycles. The highest BCUT2D eigenvalue weighted by Gasteiger charge is 2.13. The van der Waals surface area contributed by atoms with Crippen molar-refractivity contribution in [3.05, 3.63) is 77.8 Å². The molecule has 0 saturated carbocycles. The maximum atomic E-state index is 12.7. The van der Waals surface area contributed by atoms with Crippen molar-refractivity contribution in [3.63, 3.8) is 0 Å². The summed E-state index contributed by atoms with van der Waals surface area (Å²) in [5.41, 5.74) is 1.17. The zero-order valence-electron chi connectivity index (χ0n) is 14.1. The molecule has 0 fully saturated rings. The number of amides is 1. The minimum Gasteiger partial charge on any atom is -0.497 e. The van der Waals surface area contributed by atoms with Gasteiger partial charge in [-0.25, -0.2) is 0 Å². The minimum atomic E-state index is -0.401. The fraction of sp³-hybridized carbons (Fsp3) is 0.0476. The number of benzene rings is 3. The summed E-state index contributed by atoms with van der Waals surface area (Å²) in [5.74, 6) is 0.241. The van der Waals surface area contributed by atoms with Crippen LogP contribution >= 0.6 is 0 Å². The van der Waals surface area contributed by atoms with Crippen molar-refractivity contribution in [2.24, 2.45) is 0 Å². The molecule has 0 aliphatic rings. The van der Waals surface area contributed by atoms with Gasteiger partial charge < -0.3 is 14.5 Å². The number of nitrogens with one attached hydrogen (secondary N) is 2. The van der Waals surface area contributed by atoms with Crippen molar-refractivity contribution in [2.75, 3.05) is 12.4 Å². The summed E-state index contributed by atoms with van der Waals surface area (Å²) in [5, 5.41) is 13.7. The van der Waals surface area contributed by atoms with Gasteiger partial charge in [0, 0.05) is 17.1 Å². The molecule has 0 unspecified atom stereocenters. The summed E-state index contributed by atoms with van der Waals surface area (Å²) >= 11 is 0. The molecule has 0 spiro atoms. The number of rotatable bonds is 3. The van der Waals surface area contributed by atoms with Crippen molar-refractivity contribution in [1.29, 1.82) is 5.41 Å². The molecule has 2 N–H and O–H groups in total. The molecule has 4 aromatic rings. The molecule has 0 radical (unpaired) electrons. The van der Waals surface area contributed by atoms with Crippen LogP contribution in [0.4, 0.5) is 5.69 Å². The van der Waals surface area contributed by atoms with Crippen LogP contribution in [0.3, 0.4) is 0 Å². The highest BCUT2D eigenvalue weighted by molar-refractivity contribution is 6.10. The fourth-order valence-electron chi connectivity index (χ4n) is 2.96. The molecule has 1 aromatic heterocycles. The molecular weight excluding hydrogens is 328 g/mol. The van der Waals surface area contributed by atoms with E-state index in [2.05, 4.69) is 5.32 Å². The standard InChI is InChI=1S/C21H16N2O3/c1-25-15-7-4-6-14(11-15)23-21(24)18-12-17-16-8-3-2-5-13(16)9-10-19(17)26-20(18)22/h2-12,22H,1H3,(H,23,24). The maximum Gasteiger partial charge on any atom is 0.261 e. The first-order chi connectivity index (χ1) is 12.7. The van der Waals surface area contributed by atoms with Crippen LogP contribution in [0.2, 0.25) is 0 Å². The molecule has 0 aliphatic carbocycles. The van der Waals surface area contributed by atoms with E-state index in [1.807, 2.05) is 36.4 Å². The Kier molecular flexibility index (Phi) is 3.89. The zero-order chi connectivity index (χ0) is 18.1. The molecule has 1 amide bonds. The van der Waals surface area contributed by atoms with Gasteiger partial charge in [-0.15, -0.1) is 0 Å². The Morgan fingerprint density at radius 1 is 1.00 bits per heavy atom. The molecular formula is C21H16N2O3. The van der Waals surface area contributed by atoms with Crippen molar-refractivity contribution >= 4 is 33.3 Å². The average molecular weight is 344 g/mol. The van der Waals surface area contributed by atoms with E-state index in [9.17, 15) is 4.79 Å². The van der Waals surface area contributed by atoms with Crippen LogP contribution in [0.15, 0.2) is 71.1 Å². The van der Waals surface area contributed by atoms with E-state index < -0.39 is 5.91 Å². The summed E-state index contributed by atoms with van der Waals surface area (Å²) in [4.78, 5) is 12.7. The van der Waals surface area contributed by atoms with E-state index in [-0.39, 0.29) is 11.1 Å². The molecule has 128 valence electrons. The number of fused-ring (bicyclic) bond motifs is 3. The van der Waals surface area contributed by atoms with E-state index in [0.717, 1.165) is 16.2 Å². The van der Waals surface area contributed by atoms with E-state index in [4.69, 9.17) is 14.6 Å². The highest BCUT2D eigenvalue weighted by Crippen LogP contribution is 2.25. The van der Waals surface area contributed by atoms with Crippen LogP contribution in [-0.2, 0) is 0 Å². The van der Waals surface area contributed by atoms with Gasteiger partial charge in [-0.2, -0.15) is 0 Å². The van der Waals surface area contributed by atoms with Gasteiger partial charge in [-0.3, -0.25) is 10.2 Å². The molecule has 5 heteroatoms. The second-order valence-electron chi connectivity index (χ2n) is 5.87. The average Bonchev–Trinajstić information content (AvgIpc) is 2.67. The van der Waals surface area contributed by atoms with Gasteiger partial charge in [0.15, 0.2) is 0 Å². The molecule has 5 nitrogen and oxygen atoms in total. The third-order valence-electron chi connectivity index (χ3n) is 4.25. The Bertz CT molecular complexity index is 1190. The first-order valence-corrected chi connectivity index (χ1v) is 8.11. The summed E-state index contributed by atoms with van der Waals surface area (Å²) < 4.78 is 10.8. The van der Waals surface area contributed by atoms with Crippen LogP contribution in [0.5, 0.6) is 5.75 Å². The molecule has 0 bridgehead atoms. The number of anilines is 1. The van der Waals surface area contributed by atoms with Crippen LogP contribution in [0, 0.1) is 5.41 Å². The third kappa shape index (κ3) is 2.80. The van der Waals surface area contributed by atoms with Gasteiger partial charge in [0.05, 0.1) is 7.11 Å². The lowest BCUT2D eigenvalue weighted by atomic mass is 10.0. The van der Waals surface area contributed by atoms with Crippen LogP contribution in [-0.4, -0.2) is 13.0 Å². The van der Waals surface area contributed by atoms with E-state index in [1.54, 1.807) is 37.4 Å². The molecule has 3 aromatic carbocycles. The molecule has 1 heterocycles. The number of carbonyl (C=O) groups excluding carboxylic acids is 1. The second kappa shape index (κ2) is 6.37. The number of hydrogen-bond acceptors (Lipinski definition) is 4. The van der Waals surface area contributed by atoms with Gasteiger partial charge in [-0.1, -0.05) is 36.4 Å². The lowest BCUT2D eigenvalue weighted by Gasteiger charge is -2.09.